The van der Waals surface area contributed by atoms with Crippen LogP contribution in [0.5, 0.6) is 0 Å². The van der Waals surface area contributed by atoms with Gasteiger partial charge < -0.3 is 14.5 Å². The summed E-state index contributed by atoms with van der Waals surface area (Å²) in [6.45, 7) is 4.73. The third-order valence-electron chi connectivity index (χ3n) is 5.01. The molecule has 1 N–H and O–H groups in total. The van der Waals surface area contributed by atoms with Crippen LogP contribution in [-0.2, 0) is 28.9 Å². The SMILES string of the molecule is CCOC(=O)c1c(NC(=O)CSc2nnc(-c3ccco3)n2CC)sc2c1CCCC2. The molecule has 0 fully saturated rings. The van der Waals surface area contributed by atoms with Crippen LogP contribution in [0.1, 0.15) is 47.5 Å². The van der Waals surface area contributed by atoms with Crippen LogP contribution in [0.25, 0.3) is 11.6 Å². The Balaban J connectivity index is 1.48. The molecule has 4 rings (SSSR count). The van der Waals surface area contributed by atoms with E-state index in [-0.39, 0.29) is 17.6 Å². The summed E-state index contributed by atoms with van der Waals surface area (Å²) in [5, 5.41) is 12.6. The van der Waals surface area contributed by atoms with Crippen LogP contribution < -0.4 is 5.32 Å². The molecule has 0 spiro atoms. The molecule has 164 valence electrons. The van der Waals surface area contributed by atoms with Gasteiger partial charge in [-0.15, -0.1) is 21.5 Å². The number of amides is 1. The van der Waals surface area contributed by atoms with E-state index in [9.17, 15) is 9.59 Å². The zero-order valence-electron chi connectivity index (χ0n) is 17.5. The summed E-state index contributed by atoms with van der Waals surface area (Å²) in [5.74, 6) is 0.860. The van der Waals surface area contributed by atoms with E-state index in [1.165, 1.54) is 28.0 Å². The summed E-state index contributed by atoms with van der Waals surface area (Å²) in [6.07, 6.45) is 5.52. The maximum absolute atomic E-state index is 12.7. The van der Waals surface area contributed by atoms with Gasteiger partial charge in [-0.25, -0.2) is 4.79 Å². The molecule has 0 bridgehead atoms. The van der Waals surface area contributed by atoms with Gasteiger partial charge in [-0.05, 0) is 57.2 Å². The highest BCUT2D eigenvalue weighted by molar-refractivity contribution is 7.99. The van der Waals surface area contributed by atoms with E-state index in [1.54, 1.807) is 19.3 Å². The van der Waals surface area contributed by atoms with Crippen LogP contribution in [0.4, 0.5) is 5.00 Å². The van der Waals surface area contributed by atoms with Crippen LogP contribution in [0.3, 0.4) is 0 Å². The zero-order valence-corrected chi connectivity index (χ0v) is 19.1. The molecular weight excluding hydrogens is 436 g/mol. The van der Waals surface area contributed by atoms with E-state index in [4.69, 9.17) is 9.15 Å². The Morgan fingerprint density at radius 3 is 2.87 bits per heavy atom. The second-order valence-electron chi connectivity index (χ2n) is 7.00. The molecule has 3 aromatic heterocycles. The van der Waals surface area contributed by atoms with Gasteiger partial charge in [0.1, 0.15) is 5.00 Å². The smallest absolute Gasteiger partial charge is 0.341 e. The van der Waals surface area contributed by atoms with E-state index in [2.05, 4.69) is 15.5 Å². The van der Waals surface area contributed by atoms with E-state index >= 15 is 0 Å². The molecule has 0 unspecified atom stereocenters. The first-order chi connectivity index (χ1) is 15.1. The number of ether oxygens (including phenoxy) is 1. The fourth-order valence-corrected chi connectivity index (χ4v) is 5.73. The quantitative estimate of drug-likeness (QED) is 0.393. The molecule has 0 atom stereocenters. The fraction of sp³-hybridized carbons (Fsp3) is 0.429. The number of aromatic nitrogens is 3. The molecular formula is C21H24N4O4S2. The van der Waals surface area contributed by atoms with Gasteiger partial charge in [0.2, 0.25) is 5.91 Å². The number of hydrogen-bond donors (Lipinski definition) is 1. The minimum absolute atomic E-state index is 0.154. The van der Waals surface area contributed by atoms with E-state index < -0.39 is 0 Å². The van der Waals surface area contributed by atoms with Gasteiger partial charge in [0.05, 0.1) is 24.2 Å². The lowest BCUT2D eigenvalue weighted by atomic mass is 9.95. The molecule has 3 heterocycles. The van der Waals surface area contributed by atoms with Crippen molar-refractivity contribution in [1.29, 1.82) is 0 Å². The topological polar surface area (TPSA) is 99.2 Å². The highest BCUT2D eigenvalue weighted by Gasteiger charge is 2.27. The van der Waals surface area contributed by atoms with Crippen molar-refractivity contribution >= 4 is 40.0 Å². The predicted octanol–water partition coefficient (Wildman–Crippen LogP) is 4.41. The Labute approximate surface area is 188 Å². The lowest BCUT2D eigenvalue weighted by Gasteiger charge is -2.12. The molecule has 0 radical (unpaired) electrons. The van der Waals surface area contributed by atoms with E-state index in [0.29, 0.717) is 40.5 Å². The van der Waals surface area contributed by atoms with Crippen molar-refractivity contribution in [3.05, 3.63) is 34.4 Å². The normalized spacial score (nSPS) is 13.1. The van der Waals surface area contributed by atoms with Crippen molar-refractivity contribution in [2.24, 2.45) is 0 Å². The first kappa shape index (κ1) is 21.6. The van der Waals surface area contributed by atoms with Crippen molar-refractivity contribution in [1.82, 2.24) is 14.8 Å². The number of fused-ring (bicyclic) bond motifs is 1. The third-order valence-corrected chi connectivity index (χ3v) is 7.18. The highest BCUT2D eigenvalue weighted by atomic mass is 32.2. The summed E-state index contributed by atoms with van der Waals surface area (Å²) >= 11 is 2.79. The minimum atomic E-state index is -0.362. The second kappa shape index (κ2) is 9.69. The van der Waals surface area contributed by atoms with Crippen molar-refractivity contribution in [3.63, 3.8) is 0 Å². The Morgan fingerprint density at radius 1 is 1.29 bits per heavy atom. The number of nitrogens with zero attached hydrogens (tertiary/aromatic N) is 3. The molecule has 1 amide bonds. The number of esters is 1. The summed E-state index contributed by atoms with van der Waals surface area (Å²) < 4.78 is 12.6. The second-order valence-corrected chi connectivity index (χ2v) is 9.05. The van der Waals surface area contributed by atoms with Crippen molar-refractivity contribution in [2.75, 3.05) is 17.7 Å². The van der Waals surface area contributed by atoms with Gasteiger partial charge in [-0.3, -0.25) is 9.36 Å². The largest absolute Gasteiger partial charge is 0.462 e. The van der Waals surface area contributed by atoms with Crippen LogP contribution in [-0.4, -0.2) is 39.0 Å². The van der Waals surface area contributed by atoms with Crippen LogP contribution in [0.15, 0.2) is 28.0 Å². The molecule has 31 heavy (non-hydrogen) atoms. The van der Waals surface area contributed by atoms with Gasteiger partial charge >= 0.3 is 5.97 Å². The number of carbonyl (C=O) groups excluding carboxylic acids is 2. The molecule has 0 saturated heterocycles. The van der Waals surface area contributed by atoms with Gasteiger partial charge in [-0.2, -0.15) is 0 Å². The predicted molar refractivity (Wildman–Crippen MR) is 120 cm³/mol. The number of furan rings is 1. The number of hydrogen-bond acceptors (Lipinski definition) is 8. The van der Waals surface area contributed by atoms with E-state index in [1.807, 2.05) is 17.6 Å². The maximum atomic E-state index is 12.7. The van der Waals surface area contributed by atoms with Gasteiger partial charge in [0, 0.05) is 11.4 Å². The number of aryl methyl sites for hydroxylation is 1. The highest BCUT2D eigenvalue weighted by Crippen LogP contribution is 2.38. The summed E-state index contributed by atoms with van der Waals surface area (Å²) in [4.78, 5) is 26.4. The molecule has 3 aromatic rings. The molecule has 1 aliphatic rings. The average Bonchev–Trinajstić information content (AvgIpc) is 3.49. The minimum Gasteiger partial charge on any atom is -0.462 e. The summed E-state index contributed by atoms with van der Waals surface area (Å²) in [6, 6.07) is 3.62. The molecule has 0 saturated carbocycles. The van der Waals surface area contributed by atoms with Crippen LogP contribution in [0, 0.1) is 0 Å². The lowest BCUT2D eigenvalue weighted by Crippen LogP contribution is -2.17. The number of anilines is 1. The zero-order chi connectivity index (χ0) is 21.8. The summed E-state index contributed by atoms with van der Waals surface area (Å²) in [7, 11) is 0. The Bertz CT molecular complexity index is 1070. The van der Waals surface area contributed by atoms with Gasteiger partial charge in [0.15, 0.2) is 16.7 Å². The third kappa shape index (κ3) is 4.54. The Morgan fingerprint density at radius 2 is 2.13 bits per heavy atom. The first-order valence-corrected chi connectivity index (χ1v) is 12.1. The summed E-state index contributed by atoms with van der Waals surface area (Å²) in [5.41, 5.74) is 1.56. The number of nitrogens with one attached hydrogen (secondary N) is 1. The average molecular weight is 461 g/mol. The van der Waals surface area contributed by atoms with Crippen LogP contribution in [0.2, 0.25) is 0 Å². The Kier molecular flexibility index (Phi) is 6.77. The number of rotatable bonds is 8. The lowest BCUT2D eigenvalue weighted by molar-refractivity contribution is -0.113. The molecule has 0 aliphatic heterocycles. The first-order valence-electron chi connectivity index (χ1n) is 10.3. The number of carbonyl (C=O) groups is 2. The molecule has 0 aromatic carbocycles. The molecule has 1 aliphatic carbocycles. The maximum Gasteiger partial charge on any atom is 0.341 e. The monoisotopic (exact) mass is 460 g/mol. The van der Waals surface area contributed by atoms with Crippen molar-refractivity contribution in [2.45, 2.75) is 51.2 Å². The Hall–Kier alpha value is -2.59. The van der Waals surface area contributed by atoms with E-state index in [0.717, 1.165) is 31.2 Å². The van der Waals surface area contributed by atoms with Gasteiger partial charge in [0.25, 0.3) is 0 Å². The van der Waals surface area contributed by atoms with Crippen molar-refractivity contribution < 1.29 is 18.7 Å². The number of thiophene rings is 1. The fourth-order valence-electron chi connectivity index (χ4n) is 3.63. The van der Waals surface area contributed by atoms with Crippen LogP contribution >= 0.6 is 23.1 Å². The number of thioether (sulfide) groups is 1. The van der Waals surface area contributed by atoms with Crippen molar-refractivity contribution in [3.8, 4) is 11.6 Å². The molecule has 8 nitrogen and oxygen atoms in total. The van der Waals surface area contributed by atoms with Gasteiger partial charge in [-0.1, -0.05) is 11.8 Å². The molecule has 10 heteroatoms. The standard InChI is InChI=1S/C21H24N4O4S2/c1-3-25-18(14-9-7-11-29-14)23-24-21(25)30-12-16(26)22-19-17(20(27)28-4-2)13-8-5-6-10-15(13)31-19/h7,9,11H,3-6,8,10,12H2,1-2H3,(H,22,26).